The summed E-state index contributed by atoms with van der Waals surface area (Å²) in [6.07, 6.45) is 1.84. The lowest BCUT2D eigenvalue weighted by atomic mass is 9.97. The van der Waals surface area contributed by atoms with Crippen molar-refractivity contribution >= 4 is 0 Å². The molecule has 0 aliphatic rings. The number of aryl methyl sites for hydroxylation is 1. The van der Waals surface area contributed by atoms with Crippen molar-refractivity contribution in [3.05, 3.63) is 53.2 Å². The maximum Gasteiger partial charge on any atom is 0.0704 e. The largest absolute Gasteiger partial charge is 0.256 e. The Morgan fingerprint density at radius 1 is 0.867 bits per heavy atom. The smallest absolute Gasteiger partial charge is 0.0704 e. The lowest BCUT2D eigenvalue weighted by molar-refractivity contribution is 1.24. The van der Waals surface area contributed by atoms with Gasteiger partial charge in [0, 0.05) is 11.8 Å². The van der Waals surface area contributed by atoms with Crippen LogP contribution in [-0.2, 0) is 0 Å². The molecule has 0 radical (unpaired) electrons. The molecule has 1 heteroatoms. The van der Waals surface area contributed by atoms with Gasteiger partial charge in [-0.25, -0.2) is 0 Å². The fourth-order valence-corrected chi connectivity index (χ4v) is 1.76. The fourth-order valence-electron chi connectivity index (χ4n) is 1.76. The zero-order valence-electron chi connectivity index (χ0n) is 9.41. The molecule has 0 bridgehead atoms. The van der Waals surface area contributed by atoms with E-state index in [0.29, 0.717) is 0 Å². The van der Waals surface area contributed by atoms with Crippen LogP contribution >= 0.6 is 0 Å². The van der Waals surface area contributed by atoms with E-state index < -0.39 is 0 Å². The Morgan fingerprint density at radius 3 is 2.33 bits per heavy atom. The summed E-state index contributed by atoms with van der Waals surface area (Å²) in [5.41, 5.74) is 6.32. The second-order valence-electron chi connectivity index (χ2n) is 3.89. The zero-order valence-corrected chi connectivity index (χ0v) is 9.41. The molecule has 0 aliphatic carbocycles. The van der Waals surface area contributed by atoms with Gasteiger partial charge in [-0.15, -0.1) is 0 Å². The highest BCUT2D eigenvalue weighted by Crippen LogP contribution is 2.25. The number of rotatable bonds is 1. The molecule has 15 heavy (non-hydrogen) atoms. The molecule has 0 atom stereocenters. The lowest BCUT2D eigenvalue weighted by Gasteiger charge is -2.10. The molecule has 1 nitrogen and oxygen atoms in total. The summed E-state index contributed by atoms with van der Waals surface area (Å²) in [4.78, 5) is 4.38. The summed E-state index contributed by atoms with van der Waals surface area (Å²) < 4.78 is 0. The van der Waals surface area contributed by atoms with Crippen LogP contribution in [0.5, 0.6) is 0 Å². The van der Waals surface area contributed by atoms with E-state index in [9.17, 15) is 0 Å². The Bertz CT molecular complexity index is 472. The van der Waals surface area contributed by atoms with Gasteiger partial charge in [-0.3, -0.25) is 4.98 Å². The van der Waals surface area contributed by atoms with E-state index in [1.807, 2.05) is 18.3 Å². The van der Waals surface area contributed by atoms with Gasteiger partial charge in [-0.2, -0.15) is 0 Å². The van der Waals surface area contributed by atoms with Crippen LogP contribution in [0.25, 0.3) is 11.3 Å². The molecule has 0 fully saturated rings. The van der Waals surface area contributed by atoms with Crippen molar-refractivity contribution in [2.45, 2.75) is 20.8 Å². The van der Waals surface area contributed by atoms with Gasteiger partial charge >= 0.3 is 0 Å². The van der Waals surface area contributed by atoms with Gasteiger partial charge in [0.05, 0.1) is 5.69 Å². The molecule has 1 heterocycles. The highest BCUT2D eigenvalue weighted by atomic mass is 14.7. The van der Waals surface area contributed by atoms with Crippen LogP contribution in [0, 0.1) is 20.8 Å². The Kier molecular flexibility index (Phi) is 2.55. The number of nitrogens with zero attached hydrogens (tertiary/aromatic N) is 1. The Hall–Kier alpha value is -1.63. The van der Waals surface area contributed by atoms with Crippen molar-refractivity contribution in [2.75, 3.05) is 0 Å². The van der Waals surface area contributed by atoms with E-state index in [1.54, 1.807) is 0 Å². The van der Waals surface area contributed by atoms with E-state index in [1.165, 1.54) is 22.3 Å². The van der Waals surface area contributed by atoms with Gasteiger partial charge in [0.25, 0.3) is 0 Å². The summed E-state index contributed by atoms with van der Waals surface area (Å²) in [7, 11) is 0. The maximum absolute atomic E-state index is 4.38. The first-order valence-electron chi connectivity index (χ1n) is 5.18. The number of hydrogen-bond donors (Lipinski definition) is 0. The van der Waals surface area contributed by atoms with Gasteiger partial charge in [0.1, 0.15) is 0 Å². The van der Waals surface area contributed by atoms with Crippen LogP contribution in [0.3, 0.4) is 0 Å². The average Bonchev–Trinajstić information content (AvgIpc) is 2.27. The normalized spacial score (nSPS) is 10.3. The molecular formula is C14H15N. The number of aromatic nitrogens is 1. The van der Waals surface area contributed by atoms with E-state index in [-0.39, 0.29) is 0 Å². The number of hydrogen-bond acceptors (Lipinski definition) is 1. The molecule has 0 saturated carbocycles. The zero-order chi connectivity index (χ0) is 10.8. The van der Waals surface area contributed by atoms with Crippen molar-refractivity contribution in [2.24, 2.45) is 0 Å². The Labute approximate surface area is 90.8 Å². The van der Waals surface area contributed by atoms with Crippen molar-refractivity contribution in [1.29, 1.82) is 0 Å². The Morgan fingerprint density at radius 2 is 1.67 bits per heavy atom. The summed E-state index contributed by atoms with van der Waals surface area (Å²) in [5.74, 6) is 0. The first-order chi connectivity index (χ1) is 7.20. The Balaban J connectivity index is 2.60. The highest BCUT2D eigenvalue weighted by molar-refractivity contribution is 5.65. The minimum absolute atomic E-state index is 1.05. The molecule has 1 aromatic carbocycles. The van der Waals surface area contributed by atoms with Crippen molar-refractivity contribution in [3.63, 3.8) is 0 Å². The minimum Gasteiger partial charge on any atom is -0.256 e. The summed E-state index contributed by atoms with van der Waals surface area (Å²) in [5, 5.41) is 0. The monoisotopic (exact) mass is 197 g/mol. The molecular weight excluding hydrogens is 182 g/mol. The van der Waals surface area contributed by atoms with Gasteiger partial charge in [0.15, 0.2) is 0 Å². The van der Waals surface area contributed by atoms with Gasteiger partial charge in [-0.05, 0) is 49.6 Å². The third-order valence-corrected chi connectivity index (χ3v) is 3.00. The second kappa shape index (κ2) is 3.85. The molecule has 0 aliphatic heterocycles. The molecule has 76 valence electrons. The fraction of sp³-hybridized carbons (Fsp3) is 0.214. The lowest BCUT2D eigenvalue weighted by Crippen LogP contribution is -1.91. The molecule has 0 saturated heterocycles. The molecule has 0 spiro atoms. The van der Waals surface area contributed by atoms with Crippen molar-refractivity contribution < 1.29 is 0 Å². The quantitative estimate of drug-likeness (QED) is 0.679. The van der Waals surface area contributed by atoms with E-state index >= 15 is 0 Å². The van der Waals surface area contributed by atoms with Gasteiger partial charge < -0.3 is 0 Å². The third-order valence-electron chi connectivity index (χ3n) is 3.00. The van der Waals surface area contributed by atoms with Crippen LogP contribution in [-0.4, -0.2) is 4.98 Å². The van der Waals surface area contributed by atoms with E-state index in [2.05, 4.69) is 44.0 Å². The number of benzene rings is 1. The van der Waals surface area contributed by atoms with Crippen LogP contribution < -0.4 is 0 Å². The molecule has 0 amide bonds. The van der Waals surface area contributed by atoms with Crippen LogP contribution in [0.15, 0.2) is 36.5 Å². The maximum atomic E-state index is 4.38. The standard InChI is InChI=1S/C14H15N/c1-10-7-8-13(12(3)11(10)2)14-6-4-5-9-15-14/h4-9H,1-3H3. The molecule has 2 rings (SSSR count). The van der Waals surface area contributed by atoms with Gasteiger partial charge in [0.2, 0.25) is 0 Å². The van der Waals surface area contributed by atoms with Crippen molar-refractivity contribution in [1.82, 2.24) is 4.98 Å². The minimum atomic E-state index is 1.05. The van der Waals surface area contributed by atoms with E-state index in [0.717, 1.165) is 5.69 Å². The molecule has 0 N–H and O–H groups in total. The molecule has 1 aromatic heterocycles. The highest BCUT2D eigenvalue weighted by Gasteiger charge is 2.05. The average molecular weight is 197 g/mol. The molecule has 0 unspecified atom stereocenters. The van der Waals surface area contributed by atoms with Crippen LogP contribution in [0.4, 0.5) is 0 Å². The third kappa shape index (κ3) is 1.78. The first-order valence-corrected chi connectivity index (χ1v) is 5.18. The first kappa shape index (κ1) is 9.91. The number of pyridine rings is 1. The van der Waals surface area contributed by atoms with Crippen molar-refractivity contribution in [3.8, 4) is 11.3 Å². The van der Waals surface area contributed by atoms with Crippen LogP contribution in [0.1, 0.15) is 16.7 Å². The van der Waals surface area contributed by atoms with E-state index in [4.69, 9.17) is 0 Å². The van der Waals surface area contributed by atoms with Crippen LogP contribution in [0.2, 0.25) is 0 Å². The second-order valence-corrected chi connectivity index (χ2v) is 3.89. The summed E-state index contributed by atoms with van der Waals surface area (Å²) in [6.45, 7) is 6.47. The predicted octanol–water partition coefficient (Wildman–Crippen LogP) is 3.67. The predicted molar refractivity (Wildman–Crippen MR) is 63.9 cm³/mol. The summed E-state index contributed by atoms with van der Waals surface area (Å²) >= 11 is 0. The summed E-state index contributed by atoms with van der Waals surface area (Å²) in [6, 6.07) is 10.3. The SMILES string of the molecule is Cc1ccc(-c2ccccn2)c(C)c1C. The van der Waals surface area contributed by atoms with Gasteiger partial charge in [-0.1, -0.05) is 18.2 Å². The molecule has 2 aromatic rings. The topological polar surface area (TPSA) is 12.9 Å².